The van der Waals surface area contributed by atoms with E-state index in [0.29, 0.717) is 23.5 Å². The Hall–Kier alpha value is -3.55. The van der Waals surface area contributed by atoms with Crippen molar-refractivity contribution < 1.29 is 23.9 Å². The molecule has 0 saturated carbocycles. The average molecular weight is 554 g/mol. The van der Waals surface area contributed by atoms with Gasteiger partial charge >= 0.3 is 6.09 Å². The van der Waals surface area contributed by atoms with Crippen molar-refractivity contribution in [2.24, 2.45) is 0 Å². The van der Waals surface area contributed by atoms with Crippen LogP contribution in [0.4, 0.5) is 10.5 Å². The minimum absolute atomic E-state index is 0.334. The summed E-state index contributed by atoms with van der Waals surface area (Å²) in [5, 5.41) is 5.64. The van der Waals surface area contributed by atoms with Crippen LogP contribution in [-0.2, 0) is 14.3 Å². The summed E-state index contributed by atoms with van der Waals surface area (Å²) in [4.78, 5) is 41.9. The third kappa shape index (κ3) is 10.2. The van der Waals surface area contributed by atoms with Gasteiger partial charge in [-0.3, -0.25) is 9.59 Å². The number of nitrogens with zero attached hydrogens (tertiary/aromatic N) is 1. The Morgan fingerprint density at radius 3 is 2.15 bits per heavy atom. The molecule has 2 atom stereocenters. The summed E-state index contributed by atoms with van der Waals surface area (Å²) in [7, 11) is 1.58. The normalized spacial score (nSPS) is 12.7. The summed E-state index contributed by atoms with van der Waals surface area (Å²) in [5.41, 5.74) is 2.72. The van der Waals surface area contributed by atoms with E-state index in [1.807, 2.05) is 32.0 Å². The fourth-order valence-corrected chi connectivity index (χ4v) is 4.34. The van der Waals surface area contributed by atoms with Crippen LogP contribution in [0.5, 0.6) is 5.75 Å². The number of anilines is 1. The van der Waals surface area contributed by atoms with E-state index in [0.717, 1.165) is 43.2 Å². The Morgan fingerprint density at radius 1 is 0.925 bits per heavy atom. The lowest BCUT2D eigenvalue weighted by atomic mass is 9.98. The van der Waals surface area contributed by atoms with Crippen molar-refractivity contribution in [3.05, 3.63) is 59.2 Å². The monoisotopic (exact) mass is 553 g/mol. The number of aryl methyl sites for hydroxylation is 2. The Labute approximate surface area is 239 Å². The average Bonchev–Trinajstić information content (AvgIpc) is 2.88. The second kappa shape index (κ2) is 15.3. The second-order valence-corrected chi connectivity index (χ2v) is 11.3. The van der Waals surface area contributed by atoms with Gasteiger partial charge in [-0.25, -0.2) is 4.79 Å². The summed E-state index contributed by atoms with van der Waals surface area (Å²) in [5.74, 6) is -0.0103. The first-order valence-corrected chi connectivity index (χ1v) is 14.2. The third-order valence-electron chi connectivity index (χ3n) is 6.65. The molecule has 0 aliphatic rings. The number of benzene rings is 2. The summed E-state index contributed by atoms with van der Waals surface area (Å²) < 4.78 is 10.6. The zero-order valence-corrected chi connectivity index (χ0v) is 25.4. The fourth-order valence-electron chi connectivity index (χ4n) is 4.34. The number of alkyl carbamates (subject to hydrolysis) is 1. The van der Waals surface area contributed by atoms with Crippen LogP contribution in [0.3, 0.4) is 0 Å². The third-order valence-corrected chi connectivity index (χ3v) is 6.65. The van der Waals surface area contributed by atoms with E-state index in [-0.39, 0.29) is 11.8 Å². The number of hydrogen-bond donors (Lipinski definition) is 2. The van der Waals surface area contributed by atoms with Gasteiger partial charge in [-0.15, -0.1) is 0 Å². The highest BCUT2D eigenvalue weighted by Gasteiger charge is 2.34. The molecule has 0 bridgehead atoms. The van der Waals surface area contributed by atoms with Crippen molar-refractivity contribution in [3.63, 3.8) is 0 Å². The van der Waals surface area contributed by atoms with Gasteiger partial charge in [0.1, 0.15) is 23.4 Å². The van der Waals surface area contributed by atoms with E-state index in [4.69, 9.17) is 9.47 Å². The van der Waals surface area contributed by atoms with E-state index in [2.05, 4.69) is 17.6 Å². The number of unbranched alkanes of at least 4 members (excludes halogenated alkanes) is 4. The molecule has 3 amide bonds. The predicted octanol–water partition coefficient (Wildman–Crippen LogP) is 6.70. The molecule has 0 aliphatic carbocycles. The summed E-state index contributed by atoms with van der Waals surface area (Å²) in [6.45, 7) is 13.4. The fraction of sp³-hybridized carbons (Fsp3) is 0.531. The van der Waals surface area contributed by atoms with Crippen LogP contribution < -0.4 is 15.4 Å². The number of methoxy groups -OCH3 is 1. The summed E-state index contributed by atoms with van der Waals surface area (Å²) >= 11 is 0. The molecular formula is C32H47N3O5. The number of rotatable bonds is 13. The molecule has 2 N–H and O–H groups in total. The maximum atomic E-state index is 13.9. The number of carbonyl (C=O) groups is 3. The number of ether oxygens (including phenoxy) is 2. The minimum Gasteiger partial charge on any atom is -0.497 e. The van der Waals surface area contributed by atoms with Crippen molar-refractivity contribution in [1.29, 1.82) is 0 Å². The van der Waals surface area contributed by atoms with Crippen molar-refractivity contribution in [2.45, 2.75) is 98.3 Å². The molecule has 2 unspecified atom stereocenters. The highest BCUT2D eigenvalue weighted by molar-refractivity contribution is 5.99. The first kappa shape index (κ1) is 32.7. The van der Waals surface area contributed by atoms with Crippen LogP contribution in [0.15, 0.2) is 42.5 Å². The molecule has 0 radical (unpaired) electrons. The SMILES string of the molecule is CCCCCCCN(C(=O)C(C)NC(=O)OC(C)(C)C)C(C(=O)Nc1ccc(OC)cc1)c1ccc(C)c(C)c1. The minimum atomic E-state index is -0.900. The smallest absolute Gasteiger partial charge is 0.408 e. The van der Waals surface area contributed by atoms with E-state index < -0.39 is 23.8 Å². The van der Waals surface area contributed by atoms with Crippen LogP contribution in [0, 0.1) is 13.8 Å². The van der Waals surface area contributed by atoms with Crippen molar-refractivity contribution >= 4 is 23.6 Å². The molecule has 8 heteroatoms. The van der Waals surface area contributed by atoms with Crippen molar-refractivity contribution in [2.75, 3.05) is 19.0 Å². The molecule has 2 aromatic carbocycles. The number of nitrogens with one attached hydrogen (secondary N) is 2. The first-order chi connectivity index (χ1) is 18.9. The summed E-state index contributed by atoms with van der Waals surface area (Å²) in [6.07, 6.45) is 4.27. The predicted molar refractivity (Wildman–Crippen MR) is 160 cm³/mol. The zero-order valence-electron chi connectivity index (χ0n) is 25.4. The lowest BCUT2D eigenvalue weighted by Gasteiger charge is -2.34. The number of amides is 3. The van der Waals surface area contributed by atoms with Gasteiger partial charge in [0.2, 0.25) is 5.91 Å². The molecule has 0 aliphatic heterocycles. The van der Waals surface area contributed by atoms with Gasteiger partial charge < -0.3 is 25.0 Å². The zero-order chi connectivity index (χ0) is 29.9. The quantitative estimate of drug-likeness (QED) is 0.269. The Balaban J connectivity index is 2.44. The highest BCUT2D eigenvalue weighted by Crippen LogP contribution is 2.27. The molecule has 40 heavy (non-hydrogen) atoms. The summed E-state index contributed by atoms with van der Waals surface area (Å²) in [6, 6.07) is 11.1. The van der Waals surface area contributed by atoms with Gasteiger partial charge in [-0.1, -0.05) is 50.8 Å². The van der Waals surface area contributed by atoms with Crippen LogP contribution in [0.2, 0.25) is 0 Å². The molecule has 0 aromatic heterocycles. The Kier molecular flexibility index (Phi) is 12.5. The highest BCUT2D eigenvalue weighted by atomic mass is 16.6. The maximum absolute atomic E-state index is 13.9. The molecule has 220 valence electrons. The molecule has 8 nitrogen and oxygen atoms in total. The lowest BCUT2D eigenvalue weighted by Crippen LogP contribution is -2.51. The van der Waals surface area contributed by atoms with Crippen molar-refractivity contribution in [3.8, 4) is 5.75 Å². The second-order valence-electron chi connectivity index (χ2n) is 11.3. The van der Waals surface area contributed by atoms with Gasteiger partial charge in [-0.2, -0.15) is 0 Å². The molecule has 2 aromatic rings. The van der Waals surface area contributed by atoms with Crippen molar-refractivity contribution in [1.82, 2.24) is 10.2 Å². The lowest BCUT2D eigenvalue weighted by molar-refractivity contribution is -0.140. The van der Waals surface area contributed by atoms with Crippen LogP contribution in [-0.4, -0.2) is 48.1 Å². The van der Waals surface area contributed by atoms with E-state index >= 15 is 0 Å². The van der Waals surface area contributed by atoms with Gasteiger partial charge in [-0.05, 0) is 88.9 Å². The van der Waals surface area contributed by atoms with E-state index in [1.165, 1.54) is 0 Å². The number of carbonyl (C=O) groups excluding carboxylic acids is 3. The molecule has 0 fully saturated rings. The largest absolute Gasteiger partial charge is 0.497 e. The molecule has 2 rings (SSSR count). The Morgan fingerprint density at radius 2 is 1.57 bits per heavy atom. The maximum Gasteiger partial charge on any atom is 0.408 e. The van der Waals surface area contributed by atoms with Gasteiger partial charge in [0, 0.05) is 12.2 Å². The van der Waals surface area contributed by atoms with Crippen LogP contribution >= 0.6 is 0 Å². The standard InChI is InChI=1S/C32H47N3O5/c1-9-10-11-12-13-20-35(30(37)24(4)33-31(38)40-32(5,6)7)28(25-15-14-22(2)23(3)21-25)29(36)34-26-16-18-27(39-8)19-17-26/h14-19,21,24,28H,9-13,20H2,1-8H3,(H,33,38)(H,34,36). The topological polar surface area (TPSA) is 97.0 Å². The van der Waals surface area contributed by atoms with Gasteiger partial charge in [0.15, 0.2) is 0 Å². The van der Waals surface area contributed by atoms with E-state index in [9.17, 15) is 14.4 Å². The van der Waals surface area contributed by atoms with Gasteiger partial charge in [0.05, 0.1) is 7.11 Å². The van der Waals surface area contributed by atoms with Crippen LogP contribution in [0.25, 0.3) is 0 Å². The van der Waals surface area contributed by atoms with Gasteiger partial charge in [0.25, 0.3) is 5.91 Å². The van der Waals surface area contributed by atoms with E-state index in [1.54, 1.807) is 64.0 Å². The first-order valence-electron chi connectivity index (χ1n) is 14.2. The molecule has 0 heterocycles. The molecule has 0 spiro atoms. The Bertz CT molecular complexity index is 1120. The molecule has 0 saturated heterocycles. The molecular weight excluding hydrogens is 506 g/mol. The number of hydrogen-bond acceptors (Lipinski definition) is 5. The van der Waals surface area contributed by atoms with Crippen LogP contribution in [0.1, 0.15) is 89.5 Å².